The fourth-order valence-electron chi connectivity index (χ4n) is 4.76. The smallest absolute Gasteiger partial charge is 0.425 e. The van der Waals surface area contributed by atoms with Crippen molar-refractivity contribution in [3.05, 3.63) is 127 Å². The molecule has 0 spiro atoms. The lowest BCUT2D eigenvalue weighted by Crippen LogP contribution is -2.41. The number of aromatic nitrogens is 4. The van der Waals surface area contributed by atoms with Crippen LogP contribution in [-0.4, -0.2) is 25.0 Å². The predicted octanol–water partition coefficient (Wildman–Crippen LogP) is 5.13. The highest BCUT2D eigenvalue weighted by molar-refractivity contribution is 6.30. The van der Waals surface area contributed by atoms with Gasteiger partial charge in [-0.3, -0.25) is 18.5 Å². The lowest BCUT2D eigenvalue weighted by molar-refractivity contribution is -0.274. The first-order valence-corrected chi connectivity index (χ1v) is 13.7. The van der Waals surface area contributed by atoms with Crippen molar-refractivity contribution in [3.63, 3.8) is 0 Å². The van der Waals surface area contributed by atoms with Crippen LogP contribution in [0.15, 0.2) is 94.5 Å². The van der Waals surface area contributed by atoms with Gasteiger partial charge in [-0.2, -0.15) is 4.98 Å². The molecule has 0 aliphatic heterocycles. The Morgan fingerprint density at radius 3 is 2.39 bits per heavy atom. The quantitative estimate of drug-likeness (QED) is 0.240. The normalized spacial score (nSPS) is 12.6. The van der Waals surface area contributed by atoms with E-state index in [-0.39, 0.29) is 36.0 Å². The highest BCUT2D eigenvalue weighted by Crippen LogP contribution is 2.30. The fourth-order valence-corrected chi connectivity index (χ4v) is 4.89. The van der Waals surface area contributed by atoms with E-state index >= 15 is 0 Å². The maximum Gasteiger partial charge on any atom is 0.573 e. The molecular formula is C32H26ClF3N4O4. The van der Waals surface area contributed by atoms with Gasteiger partial charge in [-0.15, -0.1) is 13.2 Å². The first-order chi connectivity index (χ1) is 20.9. The minimum absolute atomic E-state index is 0.0273. The van der Waals surface area contributed by atoms with E-state index in [9.17, 15) is 22.8 Å². The summed E-state index contributed by atoms with van der Waals surface area (Å²) in [5.41, 5.74) is 0.264. The highest BCUT2D eigenvalue weighted by Gasteiger charge is 2.31. The van der Waals surface area contributed by atoms with Crippen molar-refractivity contribution in [3.8, 4) is 17.5 Å². The number of allylic oxidation sites excluding steroid dienone is 2. The zero-order valence-electron chi connectivity index (χ0n) is 23.6. The maximum atomic E-state index is 14.1. The summed E-state index contributed by atoms with van der Waals surface area (Å²) >= 11 is 6.07. The molecule has 0 amide bonds. The molecule has 44 heavy (non-hydrogen) atoms. The Kier molecular flexibility index (Phi) is 8.50. The van der Waals surface area contributed by atoms with Crippen molar-refractivity contribution in [2.24, 2.45) is 7.05 Å². The molecule has 0 saturated heterocycles. The molecule has 3 aromatic carbocycles. The third kappa shape index (κ3) is 6.47. The maximum absolute atomic E-state index is 14.1. The number of alkyl halides is 3. The van der Waals surface area contributed by atoms with E-state index in [0.717, 1.165) is 32.7 Å². The number of benzene rings is 3. The number of rotatable bonds is 8. The number of halogens is 4. The summed E-state index contributed by atoms with van der Waals surface area (Å²) in [6.07, 6.45) is -1.28. The monoisotopic (exact) mass is 622 g/mol. The molecule has 0 saturated carbocycles. The molecule has 0 fully saturated rings. The summed E-state index contributed by atoms with van der Waals surface area (Å²) in [4.78, 5) is 32.1. The summed E-state index contributed by atoms with van der Waals surface area (Å²) in [6, 6.07) is 19.0. The molecular weight excluding hydrogens is 597 g/mol. The van der Waals surface area contributed by atoms with Crippen LogP contribution >= 0.6 is 11.6 Å². The lowest BCUT2D eigenvalue weighted by Gasteiger charge is -2.13. The summed E-state index contributed by atoms with van der Waals surface area (Å²) in [5, 5.41) is 2.01. The summed E-state index contributed by atoms with van der Waals surface area (Å²) in [6.45, 7) is 5.92. The Morgan fingerprint density at radius 1 is 1.00 bits per heavy atom. The van der Waals surface area contributed by atoms with Gasteiger partial charge >= 0.3 is 18.1 Å². The van der Waals surface area contributed by atoms with Crippen LogP contribution in [0.2, 0.25) is 5.02 Å². The molecule has 0 bridgehead atoms. The van der Waals surface area contributed by atoms with Crippen molar-refractivity contribution < 1.29 is 22.6 Å². The van der Waals surface area contributed by atoms with Gasteiger partial charge < -0.3 is 9.47 Å². The third-order valence-electron chi connectivity index (χ3n) is 6.76. The number of ether oxygens (including phenoxy) is 2. The molecule has 12 heteroatoms. The van der Waals surface area contributed by atoms with E-state index in [1.807, 2.05) is 43.3 Å². The van der Waals surface area contributed by atoms with Crippen molar-refractivity contribution in [1.29, 1.82) is 0 Å². The van der Waals surface area contributed by atoms with E-state index in [2.05, 4.69) is 16.3 Å². The van der Waals surface area contributed by atoms with Gasteiger partial charge in [0.05, 0.1) is 13.1 Å². The Labute approximate surface area is 253 Å². The van der Waals surface area contributed by atoms with E-state index in [1.54, 1.807) is 24.3 Å². The van der Waals surface area contributed by atoms with Crippen LogP contribution in [0.1, 0.15) is 12.5 Å². The second-order valence-electron chi connectivity index (χ2n) is 9.82. The zero-order chi connectivity index (χ0) is 31.6. The number of hydrogen-bond donors (Lipinski definition) is 0. The summed E-state index contributed by atoms with van der Waals surface area (Å²) < 4.78 is 52.3. The molecule has 0 unspecified atom stereocenters. The van der Waals surface area contributed by atoms with Gasteiger partial charge in [-0.25, -0.2) is 4.79 Å². The molecule has 0 radical (unpaired) electrons. The van der Waals surface area contributed by atoms with Gasteiger partial charge in [0, 0.05) is 18.1 Å². The third-order valence-corrected chi connectivity index (χ3v) is 7.01. The molecule has 226 valence electrons. The number of hydrogen-bond acceptors (Lipinski definition) is 5. The van der Waals surface area contributed by atoms with E-state index in [4.69, 9.17) is 16.3 Å². The second-order valence-corrected chi connectivity index (χ2v) is 10.3. The zero-order valence-corrected chi connectivity index (χ0v) is 24.4. The molecule has 0 aliphatic rings. The summed E-state index contributed by atoms with van der Waals surface area (Å²) in [5.74, 6) is -0.525. The second kappa shape index (κ2) is 12.3. The molecule has 5 rings (SSSR count). The lowest BCUT2D eigenvalue weighted by atomic mass is 10.1. The first-order valence-electron chi connectivity index (χ1n) is 13.3. The minimum atomic E-state index is -4.90. The number of fused-ring (bicyclic) bond motifs is 1. The van der Waals surface area contributed by atoms with Crippen LogP contribution in [0.3, 0.4) is 0 Å². The minimum Gasteiger partial charge on any atom is -0.425 e. The van der Waals surface area contributed by atoms with Crippen molar-refractivity contribution in [2.75, 3.05) is 0 Å². The topological polar surface area (TPSA) is 80.3 Å². The number of aryl methyl sites for hydroxylation is 1. The largest absolute Gasteiger partial charge is 0.573 e. The van der Waals surface area contributed by atoms with E-state index in [0.29, 0.717) is 10.6 Å². The summed E-state index contributed by atoms with van der Waals surface area (Å²) in [7, 11) is 1.48. The number of nitrogens with zero attached hydrogens (tertiary/aromatic N) is 4. The molecule has 0 atom stereocenters. The average molecular weight is 623 g/mol. The Balaban J connectivity index is 1.71. The van der Waals surface area contributed by atoms with Crippen molar-refractivity contribution in [1.82, 2.24) is 18.7 Å². The van der Waals surface area contributed by atoms with Crippen LogP contribution in [0.5, 0.6) is 17.5 Å². The first kappa shape index (κ1) is 30.4. The Bertz CT molecular complexity index is 2110. The molecule has 2 heterocycles. The van der Waals surface area contributed by atoms with Gasteiger partial charge in [0.2, 0.25) is 0 Å². The molecule has 2 aromatic heterocycles. The molecule has 0 aliphatic carbocycles. The van der Waals surface area contributed by atoms with Gasteiger partial charge in [0.25, 0.3) is 5.56 Å². The highest BCUT2D eigenvalue weighted by atomic mass is 35.5. The number of imidazole rings is 1. The average Bonchev–Trinajstić information content (AvgIpc) is 3.32. The molecule has 5 aromatic rings. The fraction of sp³-hybridized carbons (Fsp3) is 0.156. The van der Waals surface area contributed by atoms with Crippen molar-refractivity contribution >= 4 is 34.9 Å². The van der Waals surface area contributed by atoms with E-state index < -0.39 is 23.4 Å². The predicted molar refractivity (Wildman–Crippen MR) is 162 cm³/mol. The van der Waals surface area contributed by atoms with E-state index in [1.165, 1.54) is 28.3 Å². The Hall–Kier alpha value is -5.03. The van der Waals surface area contributed by atoms with Crippen LogP contribution in [0.4, 0.5) is 13.2 Å². The SMILES string of the molecule is C=c1cccc/c1=C(/C=C\C)Cn1c(=O)c2c(nc(Oc3cccc(OC(F)(F)F)c3)n2Cc2ccc(Cl)cc2)n(C)c1=O. The molecule has 8 nitrogen and oxygen atoms in total. The van der Waals surface area contributed by atoms with Crippen LogP contribution in [0.25, 0.3) is 23.3 Å². The van der Waals surface area contributed by atoms with Crippen LogP contribution in [-0.2, 0) is 20.1 Å². The molecule has 0 N–H and O–H groups in total. The standard InChI is InChI=1S/C32H26ClF3N4O4/c1-4-8-22(26-12-6-5-9-20(26)2)19-40-29(41)27-28(38(3)31(40)42)37-30(39(27)18-21-13-15-23(33)16-14-21)43-24-10-7-11-25(17-24)44-32(34,35)36/h4-17H,2,18-19H2,1,3H3/b8-4-,26-22+. The van der Waals surface area contributed by atoms with Gasteiger partial charge in [0.15, 0.2) is 11.2 Å². The van der Waals surface area contributed by atoms with Crippen LogP contribution < -0.4 is 31.2 Å². The van der Waals surface area contributed by atoms with Crippen molar-refractivity contribution in [2.45, 2.75) is 26.4 Å². The Morgan fingerprint density at radius 2 is 1.70 bits per heavy atom. The van der Waals surface area contributed by atoms with Crippen LogP contribution in [0, 0.1) is 0 Å². The van der Waals surface area contributed by atoms with Gasteiger partial charge in [-0.05, 0) is 52.8 Å². The van der Waals surface area contributed by atoms with Gasteiger partial charge in [0.1, 0.15) is 11.5 Å². The van der Waals surface area contributed by atoms with Gasteiger partial charge in [-0.1, -0.05) is 72.8 Å².